The fourth-order valence-corrected chi connectivity index (χ4v) is 4.68. The molecular weight excluding hydrogens is 415 g/mol. The molecular formula is C27H27FN4O. The van der Waals surface area contributed by atoms with Gasteiger partial charge >= 0.3 is 0 Å². The van der Waals surface area contributed by atoms with Crippen LogP contribution in [0.15, 0.2) is 78.9 Å². The van der Waals surface area contributed by atoms with Gasteiger partial charge in [0.25, 0.3) is 0 Å². The van der Waals surface area contributed by atoms with Crippen molar-refractivity contribution in [3.05, 3.63) is 96.1 Å². The highest BCUT2D eigenvalue weighted by molar-refractivity contribution is 5.84. The molecule has 1 aliphatic heterocycles. The lowest BCUT2D eigenvalue weighted by molar-refractivity contribution is -0.134. The standard InChI is InChI=1S/C27H27FN4O/c1-20(27(33)31-17-15-30(16-18-31)24-13-7-5-11-22(24)28)32-25-14-8-6-12-23(25)29-26(32)19-21-9-3-2-4-10-21/h2-14,20H,15-19H2,1H3. The van der Waals surface area contributed by atoms with Crippen LogP contribution in [0.4, 0.5) is 10.1 Å². The van der Waals surface area contributed by atoms with E-state index in [4.69, 9.17) is 4.98 Å². The van der Waals surface area contributed by atoms with E-state index in [2.05, 4.69) is 16.7 Å². The minimum atomic E-state index is -0.379. The Bertz CT molecular complexity index is 1260. The summed E-state index contributed by atoms with van der Waals surface area (Å²) in [5, 5.41) is 0. The molecule has 1 saturated heterocycles. The average Bonchev–Trinajstić information content (AvgIpc) is 3.22. The largest absolute Gasteiger partial charge is 0.366 e. The molecule has 1 unspecified atom stereocenters. The molecule has 2 heterocycles. The summed E-state index contributed by atoms with van der Waals surface area (Å²) in [6.07, 6.45) is 0.661. The van der Waals surface area contributed by atoms with E-state index in [9.17, 15) is 9.18 Å². The van der Waals surface area contributed by atoms with Crippen LogP contribution in [0.1, 0.15) is 24.4 Å². The lowest BCUT2D eigenvalue weighted by atomic mass is 10.1. The van der Waals surface area contributed by atoms with Crippen molar-refractivity contribution >= 4 is 22.6 Å². The summed E-state index contributed by atoms with van der Waals surface area (Å²) < 4.78 is 16.3. The van der Waals surface area contributed by atoms with E-state index in [-0.39, 0.29) is 17.8 Å². The number of hydrogen-bond acceptors (Lipinski definition) is 3. The van der Waals surface area contributed by atoms with E-state index in [1.54, 1.807) is 12.1 Å². The number of nitrogens with zero attached hydrogens (tertiary/aromatic N) is 4. The molecule has 1 atom stereocenters. The van der Waals surface area contributed by atoms with Crippen molar-refractivity contribution in [3.8, 4) is 0 Å². The molecule has 168 valence electrons. The number of amides is 1. The van der Waals surface area contributed by atoms with Crippen molar-refractivity contribution in [3.63, 3.8) is 0 Å². The predicted octanol–water partition coefficient (Wildman–Crippen LogP) is 4.68. The fraction of sp³-hybridized carbons (Fsp3) is 0.259. The number of aromatic nitrogens is 2. The number of anilines is 1. The first-order chi connectivity index (χ1) is 16.1. The number of para-hydroxylation sites is 3. The van der Waals surface area contributed by atoms with Gasteiger partial charge in [-0.3, -0.25) is 4.79 Å². The van der Waals surface area contributed by atoms with Crippen molar-refractivity contribution in [2.75, 3.05) is 31.1 Å². The number of hydrogen-bond donors (Lipinski definition) is 0. The molecule has 0 bridgehead atoms. The van der Waals surface area contributed by atoms with Crippen molar-refractivity contribution < 1.29 is 9.18 Å². The summed E-state index contributed by atoms with van der Waals surface area (Å²) in [5.74, 6) is 0.731. The molecule has 3 aromatic carbocycles. The highest BCUT2D eigenvalue weighted by Crippen LogP contribution is 2.26. The van der Waals surface area contributed by atoms with Gasteiger partial charge in [-0.15, -0.1) is 0 Å². The Morgan fingerprint density at radius 2 is 1.58 bits per heavy atom. The quantitative estimate of drug-likeness (QED) is 0.451. The first kappa shape index (κ1) is 21.2. The molecule has 6 heteroatoms. The summed E-state index contributed by atoms with van der Waals surface area (Å²) in [6.45, 7) is 4.31. The third kappa shape index (κ3) is 4.21. The third-order valence-corrected chi connectivity index (χ3v) is 6.40. The van der Waals surface area contributed by atoms with E-state index >= 15 is 0 Å². The van der Waals surface area contributed by atoms with E-state index < -0.39 is 0 Å². The van der Waals surface area contributed by atoms with Gasteiger partial charge in [-0.05, 0) is 36.8 Å². The smallest absolute Gasteiger partial charge is 0.245 e. The first-order valence-corrected chi connectivity index (χ1v) is 11.4. The van der Waals surface area contributed by atoms with Crippen molar-refractivity contribution in [2.24, 2.45) is 0 Å². The monoisotopic (exact) mass is 442 g/mol. The van der Waals surface area contributed by atoms with E-state index in [1.165, 1.54) is 6.07 Å². The van der Waals surface area contributed by atoms with Gasteiger partial charge in [0.15, 0.2) is 0 Å². The van der Waals surface area contributed by atoms with Crippen molar-refractivity contribution in [2.45, 2.75) is 19.4 Å². The number of rotatable bonds is 5. The Labute approximate surface area is 193 Å². The maximum Gasteiger partial charge on any atom is 0.245 e. The molecule has 1 fully saturated rings. The molecule has 0 saturated carbocycles. The molecule has 4 aromatic rings. The summed E-state index contributed by atoms with van der Waals surface area (Å²) >= 11 is 0. The van der Waals surface area contributed by atoms with E-state index in [0.29, 0.717) is 38.3 Å². The number of carbonyl (C=O) groups excluding carboxylic acids is 1. The third-order valence-electron chi connectivity index (χ3n) is 6.40. The van der Waals surface area contributed by atoms with Crippen LogP contribution in [-0.2, 0) is 11.2 Å². The second kappa shape index (κ2) is 9.06. The Balaban J connectivity index is 1.37. The number of carbonyl (C=O) groups is 1. The van der Waals surface area contributed by atoms with E-state index in [0.717, 1.165) is 22.4 Å². The second-order valence-electron chi connectivity index (χ2n) is 8.49. The van der Waals surface area contributed by atoms with Gasteiger partial charge in [-0.1, -0.05) is 54.6 Å². The number of fused-ring (bicyclic) bond motifs is 1. The van der Waals surface area contributed by atoms with Gasteiger partial charge in [0.2, 0.25) is 5.91 Å². The van der Waals surface area contributed by atoms with Gasteiger partial charge in [0.05, 0.1) is 16.7 Å². The molecule has 0 N–H and O–H groups in total. The van der Waals surface area contributed by atoms with Crippen LogP contribution in [0.2, 0.25) is 0 Å². The van der Waals surface area contributed by atoms with Gasteiger partial charge in [-0.25, -0.2) is 9.37 Å². The average molecular weight is 443 g/mol. The molecule has 33 heavy (non-hydrogen) atoms. The maximum atomic E-state index is 14.2. The molecule has 0 aliphatic carbocycles. The number of benzene rings is 3. The highest BCUT2D eigenvalue weighted by atomic mass is 19.1. The van der Waals surface area contributed by atoms with Crippen LogP contribution >= 0.6 is 0 Å². The Morgan fingerprint density at radius 1 is 0.909 bits per heavy atom. The Morgan fingerprint density at radius 3 is 2.33 bits per heavy atom. The SMILES string of the molecule is CC(C(=O)N1CCN(c2ccccc2F)CC1)n1c(Cc2ccccc2)nc2ccccc21. The van der Waals surface area contributed by atoms with Crippen molar-refractivity contribution in [1.82, 2.24) is 14.5 Å². The predicted molar refractivity (Wildman–Crippen MR) is 129 cm³/mol. The molecule has 0 spiro atoms. The van der Waals surface area contributed by atoms with Crippen molar-refractivity contribution in [1.29, 1.82) is 0 Å². The van der Waals surface area contributed by atoms with Gasteiger partial charge < -0.3 is 14.4 Å². The lowest BCUT2D eigenvalue weighted by Gasteiger charge is -2.37. The van der Waals surface area contributed by atoms with Gasteiger partial charge in [0, 0.05) is 32.6 Å². The summed E-state index contributed by atoms with van der Waals surface area (Å²) in [7, 11) is 0. The first-order valence-electron chi connectivity index (χ1n) is 11.4. The molecule has 1 aromatic heterocycles. The second-order valence-corrected chi connectivity index (χ2v) is 8.49. The highest BCUT2D eigenvalue weighted by Gasteiger charge is 2.29. The van der Waals surface area contributed by atoms with E-state index in [1.807, 2.05) is 65.3 Å². The molecule has 5 nitrogen and oxygen atoms in total. The summed E-state index contributed by atoms with van der Waals surface area (Å²) in [4.78, 5) is 22.3. The molecule has 1 aliphatic rings. The number of imidazole rings is 1. The minimum Gasteiger partial charge on any atom is -0.366 e. The number of halogens is 1. The zero-order valence-corrected chi connectivity index (χ0v) is 18.7. The normalized spacial score (nSPS) is 15.1. The summed E-state index contributed by atoms with van der Waals surface area (Å²) in [5.41, 5.74) is 3.62. The molecule has 0 radical (unpaired) electrons. The lowest BCUT2D eigenvalue weighted by Crippen LogP contribution is -2.50. The van der Waals surface area contributed by atoms with Crippen LogP contribution in [-0.4, -0.2) is 46.5 Å². The zero-order valence-electron chi connectivity index (χ0n) is 18.7. The van der Waals surface area contributed by atoms with Crippen LogP contribution in [0.5, 0.6) is 0 Å². The molecule has 5 rings (SSSR count). The molecule has 1 amide bonds. The Hall–Kier alpha value is -3.67. The van der Waals surface area contributed by atoms with Crippen LogP contribution in [0.25, 0.3) is 11.0 Å². The number of piperazine rings is 1. The van der Waals surface area contributed by atoms with Crippen LogP contribution < -0.4 is 4.90 Å². The van der Waals surface area contributed by atoms with Crippen LogP contribution in [0.3, 0.4) is 0 Å². The van der Waals surface area contributed by atoms with Crippen LogP contribution in [0, 0.1) is 5.82 Å². The maximum absolute atomic E-state index is 14.2. The minimum absolute atomic E-state index is 0.0700. The van der Waals surface area contributed by atoms with Gasteiger partial charge in [-0.2, -0.15) is 0 Å². The fourth-order valence-electron chi connectivity index (χ4n) is 4.68. The zero-order chi connectivity index (χ0) is 22.8. The van der Waals surface area contributed by atoms with Gasteiger partial charge in [0.1, 0.15) is 17.7 Å². The topological polar surface area (TPSA) is 41.4 Å². The Kier molecular flexibility index (Phi) is 5.82. The summed E-state index contributed by atoms with van der Waals surface area (Å²) in [6, 6.07) is 24.6.